The highest BCUT2D eigenvalue weighted by Gasteiger charge is 2.06. The third-order valence-electron chi connectivity index (χ3n) is 3.57. The molecule has 0 amide bonds. The van der Waals surface area contributed by atoms with Gasteiger partial charge in [-0.05, 0) is 31.0 Å². The molecule has 0 aliphatic rings. The first-order valence-electron chi connectivity index (χ1n) is 7.80. The van der Waals surface area contributed by atoms with Crippen LogP contribution in [0.3, 0.4) is 0 Å². The molecule has 4 heteroatoms. The smallest absolute Gasteiger partial charge is 0.213 e. The Morgan fingerprint density at radius 1 is 1.18 bits per heavy atom. The first kappa shape index (κ1) is 16.3. The minimum absolute atomic E-state index is 0.628. The lowest BCUT2D eigenvalue weighted by Gasteiger charge is -2.21. The SMILES string of the molecule is CCCN(CCOc1cc(C)c(N)cn1)Cc1ccccc1. The van der Waals surface area contributed by atoms with E-state index >= 15 is 0 Å². The van der Waals surface area contributed by atoms with E-state index in [0.717, 1.165) is 31.6 Å². The summed E-state index contributed by atoms with van der Waals surface area (Å²) in [5.41, 5.74) is 8.79. The van der Waals surface area contributed by atoms with E-state index in [9.17, 15) is 0 Å². The Bertz CT molecular complexity index is 572. The van der Waals surface area contributed by atoms with Crippen molar-refractivity contribution in [1.29, 1.82) is 0 Å². The molecular weight excluding hydrogens is 274 g/mol. The van der Waals surface area contributed by atoms with Crippen molar-refractivity contribution in [3.05, 3.63) is 53.7 Å². The molecule has 2 rings (SSSR count). The van der Waals surface area contributed by atoms with Gasteiger partial charge < -0.3 is 10.5 Å². The van der Waals surface area contributed by atoms with Crippen LogP contribution in [0.2, 0.25) is 0 Å². The van der Waals surface area contributed by atoms with Crippen LogP contribution in [0.4, 0.5) is 5.69 Å². The number of nitrogens with two attached hydrogens (primary N) is 1. The Kier molecular flexibility index (Phi) is 6.22. The fraction of sp³-hybridized carbons (Fsp3) is 0.389. The van der Waals surface area contributed by atoms with Gasteiger partial charge in [-0.2, -0.15) is 0 Å². The van der Waals surface area contributed by atoms with Gasteiger partial charge in [0.05, 0.1) is 11.9 Å². The Hall–Kier alpha value is -2.07. The highest BCUT2D eigenvalue weighted by Crippen LogP contribution is 2.15. The zero-order valence-electron chi connectivity index (χ0n) is 13.5. The van der Waals surface area contributed by atoms with E-state index < -0.39 is 0 Å². The van der Waals surface area contributed by atoms with Crippen LogP contribution in [0.1, 0.15) is 24.5 Å². The van der Waals surface area contributed by atoms with Gasteiger partial charge in [0, 0.05) is 19.2 Å². The zero-order valence-corrected chi connectivity index (χ0v) is 13.5. The molecule has 0 atom stereocenters. The highest BCUT2D eigenvalue weighted by atomic mass is 16.5. The van der Waals surface area contributed by atoms with Gasteiger partial charge in [-0.3, -0.25) is 4.90 Å². The minimum Gasteiger partial charge on any atom is -0.476 e. The molecular formula is C18H25N3O. The molecule has 2 aromatic rings. The Morgan fingerprint density at radius 3 is 2.64 bits per heavy atom. The predicted molar refractivity (Wildman–Crippen MR) is 90.9 cm³/mol. The first-order valence-corrected chi connectivity index (χ1v) is 7.80. The maximum absolute atomic E-state index is 5.76. The van der Waals surface area contributed by atoms with Crippen molar-refractivity contribution in [3.8, 4) is 5.88 Å². The van der Waals surface area contributed by atoms with Crippen molar-refractivity contribution in [2.75, 3.05) is 25.4 Å². The number of ether oxygens (including phenoxy) is 1. The average Bonchev–Trinajstić information content (AvgIpc) is 2.52. The van der Waals surface area contributed by atoms with Gasteiger partial charge in [0.15, 0.2) is 0 Å². The molecule has 0 unspecified atom stereocenters. The molecule has 0 radical (unpaired) electrons. The third-order valence-corrected chi connectivity index (χ3v) is 3.57. The molecule has 2 N–H and O–H groups in total. The van der Waals surface area contributed by atoms with Crippen LogP contribution >= 0.6 is 0 Å². The molecule has 118 valence electrons. The van der Waals surface area contributed by atoms with Crippen LogP contribution in [-0.2, 0) is 6.54 Å². The number of benzene rings is 1. The summed E-state index contributed by atoms with van der Waals surface area (Å²) >= 11 is 0. The molecule has 4 nitrogen and oxygen atoms in total. The Morgan fingerprint density at radius 2 is 1.95 bits per heavy atom. The van der Waals surface area contributed by atoms with Gasteiger partial charge in [0.25, 0.3) is 0 Å². The Labute approximate surface area is 132 Å². The van der Waals surface area contributed by atoms with E-state index in [1.54, 1.807) is 6.20 Å². The van der Waals surface area contributed by atoms with Crippen molar-refractivity contribution < 1.29 is 4.74 Å². The minimum atomic E-state index is 0.628. The Balaban J connectivity index is 1.84. The second-order valence-electron chi connectivity index (χ2n) is 5.49. The maximum atomic E-state index is 5.76. The number of hydrogen-bond acceptors (Lipinski definition) is 4. The number of rotatable bonds is 8. The van der Waals surface area contributed by atoms with Crippen LogP contribution in [-0.4, -0.2) is 29.6 Å². The van der Waals surface area contributed by atoms with E-state index in [1.165, 1.54) is 5.56 Å². The number of nitrogens with zero attached hydrogens (tertiary/aromatic N) is 2. The fourth-order valence-electron chi connectivity index (χ4n) is 2.33. The quantitative estimate of drug-likeness (QED) is 0.813. The maximum Gasteiger partial charge on any atom is 0.213 e. The van der Waals surface area contributed by atoms with Crippen molar-refractivity contribution >= 4 is 5.69 Å². The normalized spacial score (nSPS) is 10.9. The van der Waals surface area contributed by atoms with Crippen LogP contribution in [0.25, 0.3) is 0 Å². The van der Waals surface area contributed by atoms with Crippen LogP contribution in [0.5, 0.6) is 5.88 Å². The number of aryl methyl sites for hydroxylation is 1. The van der Waals surface area contributed by atoms with E-state index in [2.05, 4.69) is 41.1 Å². The summed E-state index contributed by atoms with van der Waals surface area (Å²) in [5.74, 6) is 0.642. The lowest BCUT2D eigenvalue weighted by Crippen LogP contribution is -2.29. The average molecular weight is 299 g/mol. The third kappa shape index (κ3) is 5.04. The van der Waals surface area contributed by atoms with Crippen LogP contribution in [0, 0.1) is 6.92 Å². The summed E-state index contributed by atoms with van der Waals surface area (Å²) < 4.78 is 5.75. The number of anilines is 1. The first-order chi connectivity index (χ1) is 10.7. The number of aromatic nitrogens is 1. The van der Waals surface area contributed by atoms with E-state index in [4.69, 9.17) is 10.5 Å². The molecule has 0 saturated carbocycles. The molecule has 0 aliphatic carbocycles. The molecule has 0 bridgehead atoms. The topological polar surface area (TPSA) is 51.4 Å². The van der Waals surface area contributed by atoms with Gasteiger partial charge >= 0.3 is 0 Å². The van der Waals surface area contributed by atoms with Crippen LogP contribution < -0.4 is 10.5 Å². The second-order valence-corrected chi connectivity index (χ2v) is 5.49. The van der Waals surface area contributed by atoms with Crippen molar-refractivity contribution in [3.63, 3.8) is 0 Å². The molecule has 0 spiro atoms. The summed E-state index contributed by atoms with van der Waals surface area (Å²) in [6, 6.07) is 12.4. The monoisotopic (exact) mass is 299 g/mol. The van der Waals surface area contributed by atoms with Gasteiger partial charge in [0.2, 0.25) is 5.88 Å². The van der Waals surface area contributed by atoms with Gasteiger partial charge in [-0.15, -0.1) is 0 Å². The van der Waals surface area contributed by atoms with Crippen molar-refractivity contribution in [1.82, 2.24) is 9.88 Å². The number of pyridine rings is 1. The molecule has 0 saturated heterocycles. The summed E-state index contributed by atoms with van der Waals surface area (Å²) in [6.45, 7) is 7.68. The van der Waals surface area contributed by atoms with Crippen molar-refractivity contribution in [2.24, 2.45) is 0 Å². The number of nitrogen functional groups attached to an aromatic ring is 1. The molecule has 1 heterocycles. The van der Waals surface area contributed by atoms with E-state index in [-0.39, 0.29) is 0 Å². The van der Waals surface area contributed by atoms with Gasteiger partial charge in [-0.25, -0.2) is 4.98 Å². The van der Waals surface area contributed by atoms with E-state index in [0.29, 0.717) is 18.2 Å². The van der Waals surface area contributed by atoms with Gasteiger partial charge in [-0.1, -0.05) is 37.3 Å². The summed E-state index contributed by atoms with van der Waals surface area (Å²) in [6.07, 6.45) is 2.78. The van der Waals surface area contributed by atoms with Crippen molar-refractivity contribution in [2.45, 2.75) is 26.8 Å². The lowest BCUT2D eigenvalue weighted by molar-refractivity contribution is 0.199. The summed E-state index contributed by atoms with van der Waals surface area (Å²) in [5, 5.41) is 0. The predicted octanol–water partition coefficient (Wildman–Crippen LogP) is 3.26. The fourth-order valence-corrected chi connectivity index (χ4v) is 2.33. The molecule has 0 aliphatic heterocycles. The molecule has 1 aromatic heterocycles. The largest absolute Gasteiger partial charge is 0.476 e. The zero-order chi connectivity index (χ0) is 15.8. The lowest BCUT2D eigenvalue weighted by atomic mass is 10.2. The molecule has 0 fully saturated rings. The molecule has 1 aromatic carbocycles. The second kappa shape index (κ2) is 8.39. The van der Waals surface area contributed by atoms with E-state index in [1.807, 2.05) is 19.1 Å². The van der Waals surface area contributed by atoms with Crippen LogP contribution in [0.15, 0.2) is 42.6 Å². The summed E-state index contributed by atoms with van der Waals surface area (Å²) in [7, 11) is 0. The summed E-state index contributed by atoms with van der Waals surface area (Å²) in [4.78, 5) is 6.60. The van der Waals surface area contributed by atoms with Gasteiger partial charge in [0.1, 0.15) is 6.61 Å². The highest BCUT2D eigenvalue weighted by molar-refractivity contribution is 5.45. The number of hydrogen-bond donors (Lipinski definition) is 1. The standard InChI is InChI=1S/C18H25N3O/c1-3-9-21(14-16-7-5-4-6-8-16)10-11-22-18-12-15(2)17(19)13-20-18/h4-8,12-13H,3,9-11,14,19H2,1-2H3. The molecule has 22 heavy (non-hydrogen) atoms.